The van der Waals surface area contributed by atoms with Crippen molar-refractivity contribution in [1.29, 1.82) is 0 Å². The number of aliphatic hydroxyl groups is 1. The second-order valence-corrected chi connectivity index (χ2v) is 2.91. The average Bonchev–Trinajstić information content (AvgIpc) is 2.80. The summed E-state index contributed by atoms with van der Waals surface area (Å²) in [7, 11) is 0. The summed E-state index contributed by atoms with van der Waals surface area (Å²) in [6.07, 6.45) is 1.61. The number of hydrogen-bond acceptors (Lipinski definition) is 3. The molecule has 0 radical (unpaired) electrons. The fourth-order valence-corrected chi connectivity index (χ4v) is 1.22. The normalized spacial score (nSPS) is 9.40. The zero-order chi connectivity index (χ0) is 10.5. The Morgan fingerprint density at radius 3 is 2.60 bits per heavy atom. The van der Waals surface area contributed by atoms with Crippen LogP contribution in [-0.4, -0.2) is 16.9 Å². The molecular weight excluding hydrogens is 190 g/mol. The molecule has 0 atom stereocenters. The van der Waals surface area contributed by atoms with E-state index in [0.717, 1.165) is 16.9 Å². The van der Waals surface area contributed by atoms with Gasteiger partial charge in [0.25, 0.3) is 0 Å². The third-order valence-electron chi connectivity index (χ3n) is 1.92. The van der Waals surface area contributed by atoms with Gasteiger partial charge in [-0.25, -0.2) is 0 Å². The smallest absolute Gasteiger partial charge is 0.166 e. The second-order valence-electron chi connectivity index (χ2n) is 2.91. The first kappa shape index (κ1) is 9.50. The molecule has 1 aromatic carbocycles. The molecule has 0 spiro atoms. The van der Waals surface area contributed by atoms with Crippen LogP contribution < -0.4 is 0 Å². The van der Waals surface area contributed by atoms with Crippen molar-refractivity contribution in [3.63, 3.8) is 0 Å². The van der Waals surface area contributed by atoms with Gasteiger partial charge in [0.15, 0.2) is 5.76 Å². The van der Waals surface area contributed by atoms with Gasteiger partial charge < -0.3 is 9.63 Å². The Kier molecular flexibility index (Phi) is 2.82. The lowest BCUT2D eigenvalue weighted by molar-refractivity contribution is 0.350. The van der Waals surface area contributed by atoms with Crippen molar-refractivity contribution < 1.29 is 9.63 Å². The topological polar surface area (TPSA) is 46.3 Å². The number of rotatable bonds is 1. The third kappa shape index (κ3) is 2.25. The SMILES string of the molecule is OCC#Cc1ccc(-c2ccno2)cc1. The van der Waals surface area contributed by atoms with Crippen LogP contribution in [-0.2, 0) is 0 Å². The predicted molar refractivity (Wildman–Crippen MR) is 55.9 cm³/mol. The molecule has 1 N–H and O–H groups in total. The molecule has 74 valence electrons. The summed E-state index contributed by atoms with van der Waals surface area (Å²) < 4.78 is 5.01. The first-order valence-corrected chi connectivity index (χ1v) is 4.51. The molecule has 3 heteroatoms. The lowest BCUT2D eigenvalue weighted by Gasteiger charge is -1.94. The molecule has 0 aliphatic rings. The first-order valence-electron chi connectivity index (χ1n) is 4.51. The summed E-state index contributed by atoms with van der Waals surface area (Å²) in [5.74, 6) is 6.14. The molecule has 0 aliphatic carbocycles. The van der Waals surface area contributed by atoms with Gasteiger partial charge in [0.2, 0.25) is 0 Å². The van der Waals surface area contributed by atoms with Crippen LogP contribution in [0.4, 0.5) is 0 Å². The van der Waals surface area contributed by atoms with Crippen molar-refractivity contribution in [1.82, 2.24) is 5.16 Å². The first-order chi connectivity index (χ1) is 7.40. The van der Waals surface area contributed by atoms with Crippen LogP contribution in [0.5, 0.6) is 0 Å². The molecule has 2 aromatic rings. The second kappa shape index (κ2) is 4.45. The highest BCUT2D eigenvalue weighted by Gasteiger charge is 1.99. The van der Waals surface area contributed by atoms with Gasteiger partial charge in [-0.05, 0) is 24.3 Å². The molecule has 0 amide bonds. The highest BCUT2D eigenvalue weighted by atomic mass is 16.5. The average molecular weight is 199 g/mol. The van der Waals surface area contributed by atoms with Crippen LogP contribution in [0.25, 0.3) is 11.3 Å². The standard InChI is InChI=1S/C12H9NO2/c14-9-1-2-10-3-5-11(6-4-10)12-7-8-13-15-12/h3-8,14H,9H2. The number of benzene rings is 1. The molecule has 2 rings (SSSR count). The molecule has 1 heterocycles. The maximum atomic E-state index is 8.54. The summed E-state index contributed by atoms with van der Waals surface area (Å²) in [5.41, 5.74) is 1.83. The van der Waals surface area contributed by atoms with Crippen LogP contribution in [0.3, 0.4) is 0 Å². The fraction of sp³-hybridized carbons (Fsp3) is 0.0833. The molecule has 0 saturated heterocycles. The summed E-state index contributed by atoms with van der Waals surface area (Å²) in [6.45, 7) is -0.121. The largest absolute Gasteiger partial charge is 0.384 e. The van der Waals surface area contributed by atoms with E-state index in [1.165, 1.54) is 0 Å². The summed E-state index contributed by atoms with van der Waals surface area (Å²) in [4.78, 5) is 0. The molecule has 0 saturated carbocycles. The lowest BCUT2D eigenvalue weighted by Crippen LogP contribution is -1.78. The number of aliphatic hydroxyl groups excluding tert-OH is 1. The van der Waals surface area contributed by atoms with Crippen molar-refractivity contribution in [2.45, 2.75) is 0 Å². The monoisotopic (exact) mass is 199 g/mol. The summed E-state index contributed by atoms with van der Waals surface area (Å²) in [5, 5.41) is 12.2. The summed E-state index contributed by atoms with van der Waals surface area (Å²) >= 11 is 0. The van der Waals surface area contributed by atoms with Crippen LogP contribution in [0.2, 0.25) is 0 Å². The van der Waals surface area contributed by atoms with Crippen molar-refractivity contribution in [3.8, 4) is 23.2 Å². The van der Waals surface area contributed by atoms with E-state index in [1.54, 1.807) is 12.3 Å². The van der Waals surface area contributed by atoms with Gasteiger partial charge in [0, 0.05) is 17.2 Å². The molecule has 0 bridgehead atoms. The number of hydrogen-bond donors (Lipinski definition) is 1. The van der Waals surface area contributed by atoms with Crippen LogP contribution in [0.1, 0.15) is 5.56 Å². The van der Waals surface area contributed by atoms with Crippen molar-refractivity contribution in [3.05, 3.63) is 42.1 Å². The molecule has 1 aromatic heterocycles. The van der Waals surface area contributed by atoms with Gasteiger partial charge in [-0.15, -0.1) is 0 Å². The van der Waals surface area contributed by atoms with Crippen LogP contribution in [0, 0.1) is 11.8 Å². The lowest BCUT2D eigenvalue weighted by atomic mass is 10.1. The van der Waals surface area contributed by atoms with Gasteiger partial charge in [-0.1, -0.05) is 17.0 Å². The molecule has 15 heavy (non-hydrogen) atoms. The molecule has 0 fully saturated rings. The molecule has 0 unspecified atom stereocenters. The molecule has 3 nitrogen and oxygen atoms in total. The maximum Gasteiger partial charge on any atom is 0.166 e. The Hall–Kier alpha value is -2.05. The van der Waals surface area contributed by atoms with Crippen molar-refractivity contribution in [2.24, 2.45) is 0 Å². The van der Waals surface area contributed by atoms with E-state index in [2.05, 4.69) is 17.0 Å². The van der Waals surface area contributed by atoms with E-state index >= 15 is 0 Å². The zero-order valence-corrected chi connectivity index (χ0v) is 7.97. The van der Waals surface area contributed by atoms with Crippen molar-refractivity contribution >= 4 is 0 Å². The third-order valence-corrected chi connectivity index (χ3v) is 1.92. The Morgan fingerprint density at radius 1 is 1.20 bits per heavy atom. The van der Waals surface area contributed by atoms with Crippen molar-refractivity contribution in [2.75, 3.05) is 6.61 Å². The fourth-order valence-electron chi connectivity index (χ4n) is 1.22. The van der Waals surface area contributed by atoms with Gasteiger partial charge in [0.1, 0.15) is 6.61 Å². The number of nitrogens with zero attached hydrogens (tertiary/aromatic N) is 1. The minimum absolute atomic E-state index is 0.121. The van der Waals surface area contributed by atoms with E-state index in [-0.39, 0.29) is 6.61 Å². The van der Waals surface area contributed by atoms with E-state index in [4.69, 9.17) is 9.63 Å². The van der Waals surface area contributed by atoms with E-state index in [0.29, 0.717) is 0 Å². The Labute approximate surface area is 87.3 Å². The number of aromatic nitrogens is 1. The Morgan fingerprint density at radius 2 is 2.00 bits per heavy atom. The highest BCUT2D eigenvalue weighted by molar-refractivity contribution is 5.58. The van der Waals surface area contributed by atoms with Crippen LogP contribution >= 0.6 is 0 Å². The van der Waals surface area contributed by atoms with E-state index < -0.39 is 0 Å². The van der Waals surface area contributed by atoms with Gasteiger partial charge in [-0.3, -0.25) is 0 Å². The highest BCUT2D eigenvalue weighted by Crippen LogP contribution is 2.18. The van der Waals surface area contributed by atoms with Gasteiger partial charge in [-0.2, -0.15) is 0 Å². The van der Waals surface area contributed by atoms with E-state index in [9.17, 15) is 0 Å². The molecular formula is C12H9NO2. The molecule has 0 aliphatic heterocycles. The minimum Gasteiger partial charge on any atom is -0.384 e. The Bertz CT molecular complexity index is 475. The van der Waals surface area contributed by atoms with Gasteiger partial charge >= 0.3 is 0 Å². The Balaban J connectivity index is 2.25. The quantitative estimate of drug-likeness (QED) is 0.711. The van der Waals surface area contributed by atoms with E-state index in [1.807, 2.05) is 24.3 Å². The van der Waals surface area contributed by atoms with Gasteiger partial charge in [0.05, 0.1) is 6.20 Å². The summed E-state index contributed by atoms with van der Waals surface area (Å²) in [6, 6.07) is 9.36. The minimum atomic E-state index is -0.121. The maximum absolute atomic E-state index is 8.54. The van der Waals surface area contributed by atoms with Crippen LogP contribution in [0.15, 0.2) is 41.1 Å². The zero-order valence-electron chi connectivity index (χ0n) is 7.97. The predicted octanol–water partition coefficient (Wildman–Crippen LogP) is 1.69.